The van der Waals surface area contributed by atoms with Crippen LogP contribution in [-0.2, 0) is 15.6 Å². The maximum Gasteiger partial charge on any atom is 0.325 e. The van der Waals surface area contributed by atoms with Gasteiger partial charge in [0.2, 0.25) is 0 Å². The Kier molecular flexibility index (Phi) is 3.70. The van der Waals surface area contributed by atoms with Gasteiger partial charge in [-0.15, -0.1) is 4.28 Å². The van der Waals surface area contributed by atoms with Crippen molar-refractivity contribution in [2.75, 3.05) is 12.1 Å². The van der Waals surface area contributed by atoms with Gasteiger partial charge in [0.05, 0.1) is 5.02 Å². The first-order chi connectivity index (χ1) is 6.52. The number of halogens is 1. The Morgan fingerprint density at radius 1 is 1.57 bits per heavy atom. The van der Waals surface area contributed by atoms with E-state index in [4.69, 9.17) is 16.2 Å². The van der Waals surface area contributed by atoms with Gasteiger partial charge < -0.3 is 5.11 Å². The van der Waals surface area contributed by atoms with Crippen molar-refractivity contribution in [2.45, 2.75) is 0 Å². The number of nitrogens with zero attached hydrogens (tertiary/aromatic N) is 1. The number of hydrogen-bond donors (Lipinski definition) is 2. The summed E-state index contributed by atoms with van der Waals surface area (Å²) in [5.74, 6) is -0.206. The van der Waals surface area contributed by atoms with Crippen molar-refractivity contribution in [1.82, 2.24) is 0 Å². The van der Waals surface area contributed by atoms with Crippen LogP contribution in [0.5, 0.6) is 5.75 Å². The average molecular weight is 238 g/mol. The highest BCUT2D eigenvalue weighted by molar-refractivity contribution is 7.74. The first-order valence-electron chi connectivity index (χ1n) is 3.53. The lowest BCUT2D eigenvalue weighted by atomic mass is 10.3. The fourth-order valence-electron chi connectivity index (χ4n) is 0.894. The molecule has 0 aliphatic rings. The Bertz CT molecular complexity index is 360. The molecule has 0 saturated heterocycles. The number of rotatable bonds is 3. The molecule has 0 saturated carbocycles. The third-order valence-corrected chi connectivity index (χ3v) is 2.14. The Balaban J connectivity index is 2.95. The molecular formula is C7H8ClNO4S. The van der Waals surface area contributed by atoms with Crippen LogP contribution >= 0.6 is 11.6 Å². The van der Waals surface area contributed by atoms with E-state index in [-0.39, 0.29) is 16.5 Å². The lowest BCUT2D eigenvalue weighted by Gasteiger charge is -2.16. The number of anilines is 1. The van der Waals surface area contributed by atoms with Crippen molar-refractivity contribution in [3.8, 4) is 5.75 Å². The van der Waals surface area contributed by atoms with Gasteiger partial charge in [0.25, 0.3) is 0 Å². The van der Waals surface area contributed by atoms with E-state index < -0.39 is 11.4 Å². The zero-order valence-corrected chi connectivity index (χ0v) is 8.75. The van der Waals surface area contributed by atoms with Crippen LogP contribution in [0.4, 0.5) is 5.69 Å². The summed E-state index contributed by atoms with van der Waals surface area (Å²) in [6.45, 7) is 0. The van der Waals surface area contributed by atoms with Crippen molar-refractivity contribution in [3.05, 3.63) is 23.2 Å². The number of phenols is 1. The minimum atomic E-state index is -2.44. The number of hydrogen-bond acceptors (Lipinski definition) is 4. The lowest BCUT2D eigenvalue weighted by Crippen LogP contribution is -2.18. The van der Waals surface area contributed by atoms with Gasteiger partial charge >= 0.3 is 11.4 Å². The number of benzene rings is 1. The topological polar surface area (TPSA) is 70.0 Å². The van der Waals surface area contributed by atoms with Gasteiger partial charge in [0, 0.05) is 7.05 Å². The van der Waals surface area contributed by atoms with E-state index in [1.807, 2.05) is 0 Å². The molecule has 7 heteroatoms. The molecule has 1 rings (SSSR count). The fourth-order valence-corrected chi connectivity index (χ4v) is 1.33. The average Bonchev–Trinajstić information content (AvgIpc) is 2.08. The quantitative estimate of drug-likeness (QED) is 0.617. The van der Waals surface area contributed by atoms with Gasteiger partial charge in [-0.25, -0.2) is 5.06 Å². The van der Waals surface area contributed by atoms with Crippen molar-refractivity contribution in [3.63, 3.8) is 0 Å². The summed E-state index contributed by atoms with van der Waals surface area (Å²) in [5, 5.41) is 10.5. The fraction of sp³-hybridized carbons (Fsp3) is 0.143. The first-order valence-corrected chi connectivity index (χ1v) is 4.94. The number of phenolic OH excluding ortho intramolecular Hbond substituents is 1. The molecule has 0 bridgehead atoms. The maximum absolute atomic E-state index is 10.3. The third kappa shape index (κ3) is 2.58. The standard InChI is InChI=1S/C7H8ClNO4S/c1-9(13-14(11)12)6-4-2-3-5(8)7(6)10/h2-4,10H,1H3,(H,11,12). The van der Waals surface area contributed by atoms with Gasteiger partial charge in [-0.1, -0.05) is 17.7 Å². The summed E-state index contributed by atoms with van der Waals surface area (Å²) in [6, 6.07) is 4.57. The molecule has 0 aliphatic heterocycles. The molecule has 14 heavy (non-hydrogen) atoms. The molecule has 1 unspecified atom stereocenters. The monoisotopic (exact) mass is 237 g/mol. The highest BCUT2D eigenvalue weighted by Crippen LogP contribution is 2.33. The van der Waals surface area contributed by atoms with E-state index in [0.717, 1.165) is 5.06 Å². The van der Waals surface area contributed by atoms with Gasteiger partial charge in [-0.3, -0.25) is 4.55 Å². The molecule has 0 amide bonds. The van der Waals surface area contributed by atoms with E-state index in [0.29, 0.717) is 0 Å². The van der Waals surface area contributed by atoms with Crippen LogP contribution in [0.3, 0.4) is 0 Å². The highest BCUT2D eigenvalue weighted by Gasteiger charge is 2.11. The summed E-state index contributed by atoms with van der Waals surface area (Å²) in [6.07, 6.45) is 0. The van der Waals surface area contributed by atoms with Crippen LogP contribution in [-0.4, -0.2) is 20.9 Å². The summed E-state index contributed by atoms with van der Waals surface area (Å²) in [4.78, 5) is 0. The van der Waals surface area contributed by atoms with Crippen molar-refractivity contribution >= 4 is 28.6 Å². The van der Waals surface area contributed by atoms with Crippen molar-refractivity contribution in [1.29, 1.82) is 0 Å². The predicted molar refractivity (Wildman–Crippen MR) is 53.4 cm³/mol. The molecule has 2 N–H and O–H groups in total. The van der Waals surface area contributed by atoms with E-state index in [1.54, 1.807) is 6.07 Å². The van der Waals surface area contributed by atoms with Gasteiger partial charge in [0.15, 0.2) is 5.75 Å². The summed E-state index contributed by atoms with van der Waals surface area (Å²) in [7, 11) is 1.37. The van der Waals surface area contributed by atoms with Gasteiger partial charge in [0.1, 0.15) is 5.69 Å². The number of aromatic hydroxyl groups is 1. The van der Waals surface area contributed by atoms with Crippen LogP contribution in [0.15, 0.2) is 18.2 Å². The normalized spacial score (nSPS) is 12.5. The van der Waals surface area contributed by atoms with Crippen molar-refractivity contribution < 1.29 is 18.2 Å². The minimum absolute atomic E-state index is 0.140. The third-order valence-electron chi connectivity index (χ3n) is 1.48. The second-order valence-electron chi connectivity index (χ2n) is 2.40. The molecule has 1 atom stereocenters. The van der Waals surface area contributed by atoms with Gasteiger partial charge in [-0.05, 0) is 12.1 Å². The zero-order valence-electron chi connectivity index (χ0n) is 7.18. The molecular weight excluding hydrogens is 230 g/mol. The molecule has 1 aromatic carbocycles. The summed E-state index contributed by atoms with van der Waals surface area (Å²) >= 11 is 3.18. The Labute approximate surface area is 88.3 Å². The largest absolute Gasteiger partial charge is 0.504 e. The van der Waals surface area contributed by atoms with Crippen LogP contribution in [0.1, 0.15) is 0 Å². The summed E-state index contributed by atoms with van der Waals surface area (Å²) in [5.41, 5.74) is 0.208. The molecule has 1 aromatic rings. The van der Waals surface area contributed by atoms with E-state index >= 15 is 0 Å². The molecule has 0 spiro atoms. The number of para-hydroxylation sites is 1. The molecule has 0 heterocycles. The highest BCUT2D eigenvalue weighted by atomic mass is 35.5. The Morgan fingerprint density at radius 3 is 2.79 bits per heavy atom. The lowest BCUT2D eigenvalue weighted by molar-refractivity contribution is 0.291. The molecule has 5 nitrogen and oxygen atoms in total. The van der Waals surface area contributed by atoms with Crippen LogP contribution in [0.25, 0.3) is 0 Å². The van der Waals surface area contributed by atoms with E-state index in [9.17, 15) is 9.32 Å². The van der Waals surface area contributed by atoms with Crippen molar-refractivity contribution in [2.24, 2.45) is 0 Å². The van der Waals surface area contributed by atoms with E-state index in [1.165, 1.54) is 19.2 Å². The SMILES string of the molecule is CN(OS(=O)O)c1cccc(Cl)c1O. The zero-order chi connectivity index (χ0) is 10.7. The van der Waals surface area contributed by atoms with Crippen LogP contribution < -0.4 is 5.06 Å². The van der Waals surface area contributed by atoms with E-state index in [2.05, 4.69) is 4.28 Å². The maximum atomic E-state index is 10.3. The molecule has 0 radical (unpaired) electrons. The number of hydroxylamine groups is 1. The Hall–Kier alpha value is -0.820. The molecule has 0 fully saturated rings. The first kappa shape index (κ1) is 11.3. The second kappa shape index (κ2) is 4.61. The second-order valence-corrected chi connectivity index (χ2v) is 3.39. The Morgan fingerprint density at radius 2 is 2.21 bits per heavy atom. The molecule has 0 aliphatic carbocycles. The molecule has 0 aromatic heterocycles. The smallest absolute Gasteiger partial charge is 0.325 e. The van der Waals surface area contributed by atoms with Gasteiger partial charge in [-0.2, -0.15) is 4.21 Å². The summed E-state index contributed by atoms with van der Waals surface area (Å²) < 4.78 is 23.2. The minimum Gasteiger partial charge on any atom is -0.504 e. The predicted octanol–water partition coefficient (Wildman–Crippen LogP) is 1.55. The van der Waals surface area contributed by atoms with Crippen LogP contribution in [0, 0.1) is 0 Å². The molecule has 78 valence electrons. The van der Waals surface area contributed by atoms with Crippen LogP contribution in [0.2, 0.25) is 5.02 Å².